The number of rotatable bonds is 3. The van der Waals surface area contributed by atoms with Gasteiger partial charge in [0.25, 0.3) is 6.54 Å². The Kier molecular flexibility index (Phi) is 6.27. The van der Waals surface area contributed by atoms with Crippen LogP contribution in [0.15, 0.2) is 0 Å². The van der Waals surface area contributed by atoms with Gasteiger partial charge in [-0.2, -0.15) is 0 Å². The van der Waals surface area contributed by atoms with Gasteiger partial charge in [0, 0.05) is 11.3 Å². The van der Waals surface area contributed by atoms with Gasteiger partial charge in [0.15, 0.2) is 0 Å². The number of nitrogens with zero attached hydrogens (tertiary/aromatic N) is 1. The van der Waals surface area contributed by atoms with Gasteiger partial charge < -0.3 is 6.15 Å². The van der Waals surface area contributed by atoms with E-state index in [1.54, 1.807) is 6.92 Å². The Morgan fingerprint density at radius 1 is 1.67 bits per heavy atom. The summed E-state index contributed by atoms with van der Waals surface area (Å²) in [6.07, 6.45) is 0.251. The van der Waals surface area contributed by atoms with Crippen molar-refractivity contribution < 1.29 is 9.72 Å². The minimum atomic E-state index is -0.619. The van der Waals surface area contributed by atoms with Crippen molar-refractivity contribution in [1.82, 2.24) is 6.15 Å². The third-order valence-corrected chi connectivity index (χ3v) is 0.700. The van der Waals surface area contributed by atoms with Crippen molar-refractivity contribution in [3.05, 3.63) is 10.1 Å². The van der Waals surface area contributed by atoms with Crippen molar-refractivity contribution in [2.45, 2.75) is 13.3 Å². The molecule has 0 saturated carbocycles. The zero-order valence-corrected chi connectivity index (χ0v) is 5.59. The SMILES string of the molecule is CCC(=O)C[N+](=O)[O-].[NH4+]. The van der Waals surface area contributed by atoms with Crippen LogP contribution in [-0.2, 0) is 4.79 Å². The Hall–Kier alpha value is -0.970. The van der Waals surface area contributed by atoms with Crippen molar-refractivity contribution in [2.24, 2.45) is 0 Å². The first-order valence-electron chi connectivity index (χ1n) is 2.30. The molecule has 0 rings (SSSR count). The molecule has 0 saturated heterocycles. The quantitative estimate of drug-likeness (QED) is 0.453. The molecule has 0 unspecified atom stereocenters. The van der Waals surface area contributed by atoms with E-state index in [4.69, 9.17) is 0 Å². The van der Waals surface area contributed by atoms with Gasteiger partial charge in [-0.25, -0.2) is 0 Å². The molecule has 0 bridgehead atoms. The average molecular weight is 135 g/mol. The van der Waals surface area contributed by atoms with Crippen molar-refractivity contribution in [1.29, 1.82) is 0 Å². The number of hydrogen-bond acceptors (Lipinski definition) is 3. The van der Waals surface area contributed by atoms with Gasteiger partial charge in [0.2, 0.25) is 5.78 Å². The van der Waals surface area contributed by atoms with Crippen molar-refractivity contribution in [3.63, 3.8) is 0 Å². The largest absolute Gasteiger partial charge is 0.369 e. The van der Waals surface area contributed by atoms with Crippen LogP contribution in [-0.4, -0.2) is 17.3 Å². The molecule has 0 aliphatic rings. The molecule has 5 heteroatoms. The van der Waals surface area contributed by atoms with Crippen LogP contribution in [0.25, 0.3) is 0 Å². The second kappa shape index (κ2) is 5.17. The standard InChI is InChI=1S/C4H7NO3.H3N/c1-2-4(6)3-5(7)8;/h2-3H2,1H3;1H3/p+1. The fraction of sp³-hybridized carbons (Fsp3) is 0.750. The van der Waals surface area contributed by atoms with E-state index < -0.39 is 11.5 Å². The Bertz CT molecular complexity index is 112. The number of quaternary nitrogens is 1. The highest BCUT2D eigenvalue weighted by molar-refractivity contribution is 5.78. The van der Waals surface area contributed by atoms with E-state index in [0.29, 0.717) is 0 Å². The van der Waals surface area contributed by atoms with Gasteiger partial charge in [-0.05, 0) is 0 Å². The summed E-state index contributed by atoms with van der Waals surface area (Å²) in [5, 5.41) is 9.55. The van der Waals surface area contributed by atoms with Crippen LogP contribution >= 0.6 is 0 Å². The lowest BCUT2D eigenvalue weighted by atomic mass is 10.3. The first kappa shape index (κ1) is 10.9. The van der Waals surface area contributed by atoms with Gasteiger partial charge >= 0.3 is 0 Å². The molecule has 0 aromatic rings. The molecule has 0 spiro atoms. The summed E-state index contributed by atoms with van der Waals surface area (Å²) in [5.41, 5.74) is 0. The summed E-state index contributed by atoms with van der Waals surface area (Å²) < 4.78 is 0. The van der Waals surface area contributed by atoms with E-state index in [1.165, 1.54) is 0 Å². The minimum absolute atomic E-state index is 0. The number of carbonyl (C=O) groups is 1. The van der Waals surface area contributed by atoms with Crippen LogP contribution in [0.3, 0.4) is 0 Å². The zero-order chi connectivity index (χ0) is 6.57. The molecule has 0 radical (unpaired) electrons. The van der Waals surface area contributed by atoms with Crippen LogP contribution < -0.4 is 6.15 Å². The monoisotopic (exact) mass is 135 g/mol. The summed E-state index contributed by atoms with van der Waals surface area (Å²) in [5.74, 6) is -0.324. The summed E-state index contributed by atoms with van der Waals surface area (Å²) >= 11 is 0. The number of hydrogen-bond donors (Lipinski definition) is 1. The van der Waals surface area contributed by atoms with Crippen molar-refractivity contribution >= 4 is 5.78 Å². The molecule has 0 aromatic carbocycles. The number of carbonyl (C=O) groups excluding carboxylic acids is 1. The smallest absolute Gasteiger partial charge is 0.261 e. The molecular formula is C4H11N2O3+. The second-order valence-corrected chi connectivity index (χ2v) is 1.38. The molecule has 0 aromatic heterocycles. The Balaban J connectivity index is 0. The van der Waals surface area contributed by atoms with Crippen LogP contribution in [0.5, 0.6) is 0 Å². The van der Waals surface area contributed by atoms with Crippen LogP contribution in [0.1, 0.15) is 13.3 Å². The van der Waals surface area contributed by atoms with Gasteiger partial charge in [-0.1, -0.05) is 6.92 Å². The number of Topliss-reactive ketones (excluding diaryl/α,β-unsaturated/α-hetero) is 1. The van der Waals surface area contributed by atoms with E-state index >= 15 is 0 Å². The van der Waals surface area contributed by atoms with Crippen molar-refractivity contribution in [3.8, 4) is 0 Å². The van der Waals surface area contributed by atoms with E-state index in [2.05, 4.69) is 0 Å². The Morgan fingerprint density at radius 2 is 2.11 bits per heavy atom. The van der Waals surface area contributed by atoms with E-state index in [-0.39, 0.29) is 18.4 Å². The second-order valence-electron chi connectivity index (χ2n) is 1.38. The predicted octanol–water partition coefficient (Wildman–Crippen LogP) is 0.618. The maximum atomic E-state index is 10.2. The fourth-order valence-corrected chi connectivity index (χ4v) is 0.256. The third kappa shape index (κ3) is 7.03. The van der Waals surface area contributed by atoms with Crippen LogP contribution in [0.4, 0.5) is 0 Å². The molecule has 54 valence electrons. The Labute approximate surface area is 52.8 Å². The molecule has 0 atom stereocenters. The summed E-state index contributed by atoms with van der Waals surface area (Å²) in [6, 6.07) is 0. The van der Waals surface area contributed by atoms with E-state index in [0.717, 1.165) is 0 Å². The average Bonchev–Trinajstić information content (AvgIpc) is 1.65. The van der Waals surface area contributed by atoms with Crippen LogP contribution in [0, 0.1) is 10.1 Å². The highest BCUT2D eigenvalue weighted by atomic mass is 16.6. The first-order chi connectivity index (χ1) is 3.66. The number of nitro groups is 1. The molecule has 0 heterocycles. The Morgan fingerprint density at radius 3 is 2.22 bits per heavy atom. The number of ketones is 1. The molecule has 4 N–H and O–H groups in total. The summed E-state index contributed by atoms with van der Waals surface area (Å²) in [6.45, 7) is 1.07. The maximum Gasteiger partial charge on any atom is 0.261 e. The van der Waals surface area contributed by atoms with Gasteiger partial charge in [0.1, 0.15) is 0 Å². The third-order valence-electron chi connectivity index (χ3n) is 0.700. The minimum Gasteiger partial charge on any atom is -0.369 e. The van der Waals surface area contributed by atoms with Crippen molar-refractivity contribution in [2.75, 3.05) is 6.54 Å². The predicted molar refractivity (Wildman–Crippen MR) is 33.1 cm³/mol. The molecule has 9 heavy (non-hydrogen) atoms. The molecule has 0 aliphatic carbocycles. The fourth-order valence-electron chi connectivity index (χ4n) is 0.256. The summed E-state index contributed by atoms with van der Waals surface area (Å²) in [7, 11) is 0. The van der Waals surface area contributed by atoms with Gasteiger partial charge in [-0.15, -0.1) is 0 Å². The topological polar surface area (TPSA) is 96.7 Å². The molecule has 5 nitrogen and oxygen atoms in total. The summed E-state index contributed by atoms with van der Waals surface area (Å²) in [4.78, 5) is 19.1. The van der Waals surface area contributed by atoms with Gasteiger partial charge in [-0.3, -0.25) is 14.9 Å². The lowest BCUT2D eigenvalue weighted by Gasteiger charge is -1.85. The van der Waals surface area contributed by atoms with Gasteiger partial charge in [0.05, 0.1) is 0 Å². The van der Waals surface area contributed by atoms with E-state index in [9.17, 15) is 14.9 Å². The lowest BCUT2D eigenvalue weighted by molar-refractivity contribution is -0.467. The highest BCUT2D eigenvalue weighted by Gasteiger charge is 2.04. The van der Waals surface area contributed by atoms with E-state index in [1.807, 2.05) is 0 Å². The zero-order valence-electron chi connectivity index (χ0n) is 5.59. The molecule has 0 fully saturated rings. The molecule has 0 amide bonds. The molecular weight excluding hydrogens is 124 g/mol. The first-order valence-corrected chi connectivity index (χ1v) is 2.30. The maximum absolute atomic E-state index is 10.2. The van der Waals surface area contributed by atoms with Crippen LogP contribution in [0.2, 0.25) is 0 Å². The highest BCUT2D eigenvalue weighted by Crippen LogP contribution is 1.79. The molecule has 0 aliphatic heterocycles. The lowest BCUT2D eigenvalue weighted by Crippen LogP contribution is -2.11. The normalized spacial score (nSPS) is 7.67.